The van der Waals surface area contributed by atoms with E-state index >= 15 is 0 Å². The van der Waals surface area contributed by atoms with Crippen LogP contribution in [-0.4, -0.2) is 24.0 Å². The lowest BCUT2D eigenvalue weighted by Gasteiger charge is -2.25. The van der Waals surface area contributed by atoms with Crippen molar-refractivity contribution in [1.29, 1.82) is 0 Å². The zero-order valence-corrected chi connectivity index (χ0v) is 16.2. The van der Waals surface area contributed by atoms with E-state index in [9.17, 15) is 9.59 Å². The number of hydrogen-bond acceptors (Lipinski definition) is 4. The van der Waals surface area contributed by atoms with Crippen LogP contribution in [0.1, 0.15) is 33.3 Å². The molecule has 0 heterocycles. The monoisotopic (exact) mass is 370 g/mol. The van der Waals surface area contributed by atoms with Crippen molar-refractivity contribution in [2.75, 3.05) is 11.9 Å². The van der Waals surface area contributed by atoms with Crippen molar-refractivity contribution in [3.05, 3.63) is 54.1 Å². The van der Waals surface area contributed by atoms with Gasteiger partial charge in [-0.2, -0.15) is 0 Å². The van der Waals surface area contributed by atoms with Gasteiger partial charge in [0.05, 0.1) is 6.61 Å². The van der Waals surface area contributed by atoms with Gasteiger partial charge in [-0.15, -0.1) is 0 Å². The van der Waals surface area contributed by atoms with Crippen LogP contribution in [-0.2, 0) is 16.1 Å². The number of nitrogens with one attached hydrogen (secondary N) is 2. The van der Waals surface area contributed by atoms with Gasteiger partial charge in [0.25, 0.3) is 5.91 Å². The molecule has 0 aliphatic carbocycles. The third kappa shape index (κ3) is 6.33. The molecule has 0 saturated carbocycles. The SMILES string of the molecule is CCOc1ccc(OC(C)(C)C(=O)NCc2ccc(NC(C)=O)cc2)cc1. The lowest BCUT2D eigenvalue weighted by molar-refractivity contribution is -0.134. The maximum Gasteiger partial charge on any atom is 0.263 e. The fourth-order valence-corrected chi connectivity index (χ4v) is 2.42. The van der Waals surface area contributed by atoms with Crippen molar-refractivity contribution in [2.45, 2.75) is 39.8 Å². The number of hydrogen-bond donors (Lipinski definition) is 2. The van der Waals surface area contributed by atoms with Crippen LogP contribution < -0.4 is 20.1 Å². The van der Waals surface area contributed by atoms with Crippen LogP contribution in [0.3, 0.4) is 0 Å². The molecular formula is C21H26N2O4. The molecule has 2 amide bonds. The molecule has 144 valence electrons. The van der Waals surface area contributed by atoms with E-state index in [4.69, 9.17) is 9.47 Å². The van der Waals surface area contributed by atoms with Gasteiger partial charge in [-0.05, 0) is 62.7 Å². The van der Waals surface area contributed by atoms with E-state index in [2.05, 4.69) is 10.6 Å². The molecule has 0 saturated heterocycles. The Morgan fingerprint density at radius 2 is 1.56 bits per heavy atom. The first-order chi connectivity index (χ1) is 12.8. The Balaban J connectivity index is 1.90. The van der Waals surface area contributed by atoms with Crippen molar-refractivity contribution in [3.8, 4) is 11.5 Å². The van der Waals surface area contributed by atoms with Gasteiger partial charge >= 0.3 is 0 Å². The van der Waals surface area contributed by atoms with Gasteiger partial charge in [-0.3, -0.25) is 9.59 Å². The summed E-state index contributed by atoms with van der Waals surface area (Å²) in [5.41, 5.74) is 0.620. The summed E-state index contributed by atoms with van der Waals surface area (Å²) < 4.78 is 11.2. The van der Waals surface area contributed by atoms with E-state index in [1.165, 1.54) is 6.92 Å². The standard InChI is InChI=1S/C21H26N2O4/c1-5-26-18-10-12-19(13-11-18)27-21(3,4)20(25)22-14-16-6-8-17(9-7-16)23-15(2)24/h6-13H,5,14H2,1-4H3,(H,22,25)(H,23,24). The molecule has 0 spiro atoms. The summed E-state index contributed by atoms with van der Waals surface area (Å²) in [6.07, 6.45) is 0. The topological polar surface area (TPSA) is 76.7 Å². The Morgan fingerprint density at radius 1 is 0.963 bits per heavy atom. The lowest BCUT2D eigenvalue weighted by atomic mass is 10.1. The number of amides is 2. The first kappa shape index (κ1) is 20.3. The van der Waals surface area contributed by atoms with E-state index in [0.29, 0.717) is 18.9 Å². The summed E-state index contributed by atoms with van der Waals surface area (Å²) in [4.78, 5) is 23.5. The highest BCUT2D eigenvalue weighted by Crippen LogP contribution is 2.22. The van der Waals surface area contributed by atoms with Crippen LogP contribution in [0, 0.1) is 0 Å². The number of rotatable bonds is 8. The van der Waals surface area contributed by atoms with E-state index in [-0.39, 0.29) is 11.8 Å². The predicted octanol–water partition coefficient (Wildman–Crippen LogP) is 3.52. The van der Waals surface area contributed by atoms with Crippen LogP contribution in [0.2, 0.25) is 0 Å². The molecule has 2 N–H and O–H groups in total. The summed E-state index contributed by atoms with van der Waals surface area (Å²) in [7, 11) is 0. The van der Waals surface area contributed by atoms with Crippen molar-refractivity contribution < 1.29 is 19.1 Å². The van der Waals surface area contributed by atoms with E-state index in [1.54, 1.807) is 38.1 Å². The Morgan fingerprint density at radius 3 is 2.11 bits per heavy atom. The largest absolute Gasteiger partial charge is 0.494 e. The Kier molecular flexibility index (Phi) is 6.82. The maximum atomic E-state index is 12.5. The average Bonchev–Trinajstić information content (AvgIpc) is 2.62. The minimum atomic E-state index is -1.02. The number of carbonyl (C=O) groups is 2. The third-order valence-electron chi connectivity index (χ3n) is 3.78. The summed E-state index contributed by atoms with van der Waals surface area (Å²) in [5, 5.41) is 5.58. The van der Waals surface area contributed by atoms with Crippen molar-refractivity contribution >= 4 is 17.5 Å². The second-order valence-corrected chi connectivity index (χ2v) is 6.58. The molecule has 0 aromatic heterocycles. The van der Waals surface area contributed by atoms with Gasteiger partial charge in [0, 0.05) is 19.2 Å². The molecule has 2 rings (SSSR count). The molecule has 2 aromatic rings. The molecule has 2 aromatic carbocycles. The molecule has 0 unspecified atom stereocenters. The van der Waals surface area contributed by atoms with Gasteiger partial charge in [0.2, 0.25) is 5.91 Å². The molecule has 6 nitrogen and oxygen atoms in total. The number of ether oxygens (including phenoxy) is 2. The van der Waals surface area contributed by atoms with Gasteiger partial charge in [0.15, 0.2) is 5.60 Å². The van der Waals surface area contributed by atoms with E-state index in [1.807, 2.05) is 31.2 Å². The Hall–Kier alpha value is -3.02. The Labute approximate surface area is 159 Å². The maximum absolute atomic E-state index is 12.5. The van der Waals surface area contributed by atoms with Gasteiger partial charge in [-0.1, -0.05) is 12.1 Å². The predicted molar refractivity (Wildman–Crippen MR) is 105 cm³/mol. The van der Waals surface area contributed by atoms with Crippen molar-refractivity contribution in [1.82, 2.24) is 5.32 Å². The second-order valence-electron chi connectivity index (χ2n) is 6.58. The first-order valence-electron chi connectivity index (χ1n) is 8.87. The van der Waals surface area contributed by atoms with Crippen LogP contribution in [0.15, 0.2) is 48.5 Å². The highest BCUT2D eigenvalue weighted by molar-refractivity contribution is 5.88. The molecule has 6 heteroatoms. The molecule has 0 bridgehead atoms. The van der Waals surface area contributed by atoms with Gasteiger partial charge < -0.3 is 20.1 Å². The highest BCUT2D eigenvalue weighted by Gasteiger charge is 2.29. The van der Waals surface area contributed by atoms with Gasteiger partial charge in [-0.25, -0.2) is 0 Å². The van der Waals surface area contributed by atoms with E-state index < -0.39 is 5.60 Å². The second kappa shape index (κ2) is 9.07. The first-order valence-corrected chi connectivity index (χ1v) is 8.87. The van der Waals surface area contributed by atoms with E-state index in [0.717, 1.165) is 17.0 Å². The molecule has 0 aliphatic heterocycles. The Bertz CT molecular complexity index is 768. The fraction of sp³-hybridized carbons (Fsp3) is 0.333. The summed E-state index contributed by atoms with van der Waals surface area (Å²) in [6.45, 7) is 7.79. The van der Waals surface area contributed by atoms with Crippen LogP contribution >= 0.6 is 0 Å². The number of anilines is 1. The minimum absolute atomic E-state index is 0.121. The van der Waals surface area contributed by atoms with Crippen LogP contribution in [0.25, 0.3) is 0 Å². The zero-order valence-electron chi connectivity index (χ0n) is 16.2. The molecule has 0 fully saturated rings. The summed E-state index contributed by atoms with van der Waals surface area (Å²) >= 11 is 0. The zero-order chi connectivity index (χ0) is 19.9. The quantitative estimate of drug-likeness (QED) is 0.745. The number of carbonyl (C=O) groups excluding carboxylic acids is 2. The minimum Gasteiger partial charge on any atom is -0.494 e. The normalized spacial score (nSPS) is 10.8. The molecule has 27 heavy (non-hydrogen) atoms. The third-order valence-corrected chi connectivity index (χ3v) is 3.78. The van der Waals surface area contributed by atoms with Gasteiger partial charge in [0.1, 0.15) is 11.5 Å². The van der Waals surface area contributed by atoms with Crippen molar-refractivity contribution in [3.63, 3.8) is 0 Å². The smallest absolute Gasteiger partial charge is 0.263 e. The summed E-state index contributed by atoms with van der Waals surface area (Å²) in [5.74, 6) is 1.01. The van der Waals surface area contributed by atoms with Crippen LogP contribution in [0.5, 0.6) is 11.5 Å². The lowest BCUT2D eigenvalue weighted by Crippen LogP contribution is -2.46. The van der Waals surface area contributed by atoms with Crippen molar-refractivity contribution in [2.24, 2.45) is 0 Å². The number of benzene rings is 2. The fourth-order valence-electron chi connectivity index (χ4n) is 2.42. The molecule has 0 atom stereocenters. The van der Waals surface area contributed by atoms with Crippen LogP contribution in [0.4, 0.5) is 5.69 Å². The average molecular weight is 370 g/mol. The molecule has 0 radical (unpaired) electrons. The molecular weight excluding hydrogens is 344 g/mol. The summed E-state index contributed by atoms with van der Waals surface area (Å²) in [6, 6.07) is 14.5. The highest BCUT2D eigenvalue weighted by atomic mass is 16.5. The molecule has 0 aliphatic rings.